The van der Waals surface area contributed by atoms with Crippen molar-refractivity contribution in [3.63, 3.8) is 0 Å². The number of urea groups is 1. The summed E-state index contributed by atoms with van der Waals surface area (Å²) in [5.41, 5.74) is 1.67. The summed E-state index contributed by atoms with van der Waals surface area (Å²) < 4.78 is 5.19. The summed E-state index contributed by atoms with van der Waals surface area (Å²) in [5, 5.41) is 2.90. The van der Waals surface area contributed by atoms with Gasteiger partial charge in [-0.2, -0.15) is 0 Å². The van der Waals surface area contributed by atoms with Crippen LogP contribution < -0.4 is 10.1 Å². The maximum Gasteiger partial charge on any atom is 0.322 e. The monoisotopic (exact) mass is 313 g/mol. The van der Waals surface area contributed by atoms with Crippen molar-refractivity contribution >= 4 is 11.7 Å². The van der Waals surface area contributed by atoms with Gasteiger partial charge in [0.1, 0.15) is 5.69 Å². The highest BCUT2D eigenvalue weighted by molar-refractivity contribution is 5.90. The highest BCUT2D eigenvalue weighted by Crippen LogP contribution is 2.21. The van der Waals surface area contributed by atoms with E-state index in [2.05, 4.69) is 17.2 Å². The van der Waals surface area contributed by atoms with Gasteiger partial charge in [-0.25, -0.2) is 9.78 Å². The molecule has 1 aromatic carbocycles. The van der Waals surface area contributed by atoms with Crippen LogP contribution in [0.4, 0.5) is 10.5 Å². The summed E-state index contributed by atoms with van der Waals surface area (Å²) in [6.07, 6.45) is 2.51. The number of amides is 2. The molecule has 1 N–H and O–H groups in total. The van der Waals surface area contributed by atoms with E-state index in [9.17, 15) is 4.79 Å². The second-order valence-corrected chi connectivity index (χ2v) is 5.36. The van der Waals surface area contributed by atoms with Crippen LogP contribution >= 0.6 is 0 Å². The van der Waals surface area contributed by atoms with Crippen molar-refractivity contribution in [1.82, 2.24) is 9.88 Å². The number of nitrogens with one attached hydrogen (secondary N) is 1. The first-order valence-electron chi connectivity index (χ1n) is 7.76. The summed E-state index contributed by atoms with van der Waals surface area (Å²) in [4.78, 5) is 18.6. The van der Waals surface area contributed by atoms with E-state index in [-0.39, 0.29) is 12.1 Å². The molecular formula is C18H23N3O2. The Morgan fingerprint density at radius 3 is 2.65 bits per heavy atom. The molecule has 0 fully saturated rings. The molecule has 1 atom stereocenters. The van der Waals surface area contributed by atoms with E-state index in [1.165, 1.54) is 7.11 Å². The number of hydrogen-bond donors (Lipinski definition) is 1. The maximum atomic E-state index is 12.7. The summed E-state index contributed by atoms with van der Waals surface area (Å²) in [6.45, 7) is 4.67. The average Bonchev–Trinajstić information content (AvgIpc) is 2.60. The highest BCUT2D eigenvalue weighted by Gasteiger charge is 2.20. The Labute approximate surface area is 137 Å². The largest absolute Gasteiger partial charge is 0.480 e. The van der Waals surface area contributed by atoms with Crippen LogP contribution in [0.25, 0.3) is 0 Å². The normalized spacial score (nSPS) is 11.6. The number of benzene rings is 1. The van der Waals surface area contributed by atoms with E-state index in [4.69, 9.17) is 4.74 Å². The Bertz CT molecular complexity index is 631. The maximum absolute atomic E-state index is 12.7. The van der Waals surface area contributed by atoms with Crippen LogP contribution in [0, 0.1) is 0 Å². The second kappa shape index (κ2) is 8.17. The zero-order valence-electron chi connectivity index (χ0n) is 13.8. The van der Waals surface area contributed by atoms with Gasteiger partial charge in [-0.15, -0.1) is 0 Å². The molecule has 5 heteroatoms. The molecule has 1 unspecified atom stereocenters. The third kappa shape index (κ3) is 4.45. The van der Waals surface area contributed by atoms with Crippen LogP contribution in [0.2, 0.25) is 0 Å². The Hall–Kier alpha value is -2.56. The fraction of sp³-hybridized carbons (Fsp3) is 0.333. The van der Waals surface area contributed by atoms with Gasteiger partial charge in [0, 0.05) is 18.8 Å². The molecule has 0 bridgehead atoms. The smallest absolute Gasteiger partial charge is 0.322 e. The minimum atomic E-state index is -0.158. The van der Waals surface area contributed by atoms with Crippen LogP contribution in [-0.2, 0) is 6.54 Å². The van der Waals surface area contributed by atoms with Gasteiger partial charge < -0.3 is 15.0 Å². The lowest BCUT2D eigenvalue weighted by atomic mass is 10.1. The van der Waals surface area contributed by atoms with Gasteiger partial charge in [0.05, 0.1) is 7.11 Å². The van der Waals surface area contributed by atoms with Crippen LogP contribution in [0.15, 0.2) is 48.7 Å². The quantitative estimate of drug-likeness (QED) is 0.879. The zero-order chi connectivity index (χ0) is 16.7. The molecule has 2 rings (SSSR count). The molecule has 2 aromatic rings. The molecule has 0 aliphatic rings. The van der Waals surface area contributed by atoms with Gasteiger partial charge in [0.15, 0.2) is 0 Å². The minimum absolute atomic E-state index is 0.123. The van der Waals surface area contributed by atoms with Crippen LogP contribution in [0.1, 0.15) is 25.8 Å². The predicted octanol–water partition coefficient (Wildman–Crippen LogP) is 3.92. The van der Waals surface area contributed by atoms with Crippen molar-refractivity contribution in [2.24, 2.45) is 0 Å². The predicted molar refractivity (Wildman–Crippen MR) is 91.5 cm³/mol. The molecule has 1 aromatic heterocycles. The molecule has 2 amide bonds. The fourth-order valence-electron chi connectivity index (χ4n) is 2.26. The molecule has 0 saturated heterocycles. The van der Waals surface area contributed by atoms with E-state index in [1.807, 2.05) is 42.2 Å². The molecule has 122 valence electrons. The number of anilines is 1. The summed E-state index contributed by atoms with van der Waals surface area (Å²) in [7, 11) is 1.54. The number of aromatic nitrogens is 1. The number of rotatable bonds is 6. The van der Waals surface area contributed by atoms with E-state index in [1.54, 1.807) is 18.3 Å². The van der Waals surface area contributed by atoms with Gasteiger partial charge in [-0.05, 0) is 31.0 Å². The zero-order valence-corrected chi connectivity index (χ0v) is 13.8. The van der Waals surface area contributed by atoms with Crippen molar-refractivity contribution in [2.75, 3.05) is 12.4 Å². The van der Waals surface area contributed by atoms with Crippen molar-refractivity contribution in [3.05, 3.63) is 54.2 Å². The van der Waals surface area contributed by atoms with Gasteiger partial charge in [-0.1, -0.05) is 37.3 Å². The standard InChI is InChI=1S/C18H23N3O2/c1-4-14(2)21(13-15-9-6-5-7-10-15)18(22)20-16-11-8-12-19-17(16)23-3/h5-12,14H,4,13H2,1-3H3,(H,20,22). The minimum Gasteiger partial charge on any atom is -0.480 e. The first kappa shape index (κ1) is 16.8. The number of methoxy groups -OCH3 is 1. The van der Waals surface area contributed by atoms with Crippen LogP contribution in [0.5, 0.6) is 5.88 Å². The molecule has 1 heterocycles. The Morgan fingerprint density at radius 2 is 2.00 bits per heavy atom. The first-order chi connectivity index (χ1) is 11.2. The molecule has 0 aliphatic heterocycles. The summed E-state index contributed by atoms with van der Waals surface area (Å²) in [5.74, 6) is 0.407. The molecule has 0 radical (unpaired) electrons. The SMILES string of the molecule is CCC(C)N(Cc1ccccc1)C(=O)Nc1cccnc1OC. The topological polar surface area (TPSA) is 54.5 Å². The van der Waals surface area contributed by atoms with Crippen molar-refractivity contribution in [2.45, 2.75) is 32.9 Å². The van der Waals surface area contributed by atoms with Crippen LogP contribution in [-0.4, -0.2) is 29.1 Å². The summed E-state index contributed by atoms with van der Waals surface area (Å²) in [6, 6.07) is 13.5. The lowest BCUT2D eigenvalue weighted by molar-refractivity contribution is 0.187. The lowest BCUT2D eigenvalue weighted by Gasteiger charge is -2.29. The molecule has 5 nitrogen and oxygen atoms in total. The van der Waals surface area contributed by atoms with Crippen molar-refractivity contribution < 1.29 is 9.53 Å². The number of ether oxygens (including phenoxy) is 1. The third-order valence-electron chi connectivity index (χ3n) is 3.79. The average molecular weight is 313 g/mol. The first-order valence-corrected chi connectivity index (χ1v) is 7.76. The summed E-state index contributed by atoms with van der Waals surface area (Å²) >= 11 is 0. The molecule has 0 spiro atoms. The Kier molecular flexibility index (Phi) is 5.97. The number of nitrogens with zero attached hydrogens (tertiary/aromatic N) is 2. The van der Waals surface area contributed by atoms with E-state index in [0.717, 1.165) is 12.0 Å². The van der Waals surface area contributed by atoms with Crippen molar-refractivity contribution in [3.8, 4) is 5.88 Å². The van der Waals surface area contributed by atoms with Gasteiger partial charge in [0.2, 0.25) is 5.88 Å². The van der Waals surface area contributed by atoms with Gasteiger partial charge in [0.25, 0.3) is 0 Å². The number of pyridine rings is 1. The van der Waals surface area contributed by atoms with Gasteiger partial charge >= 0.3 is 6.03 Å². The third-order valence-corrected chi connectivity index (χ3v) is 3.79. The Balaban J connectivity index is 2.16. The van der Waals surface area contributed by atoms with Crippen LogP contribution in [0.3, 0.4) is 0 Å². The van der Waals surface area contributed by atoms with Gasteiger partial charge in [-0.3, -0.25) is 0 Å². The van der Waals surface area contributed by atoms with E-state index < -0.39 is 0 Å². The van der Waals surface area contributed by atoms with E-state index >= 15 is 0 Å². The van der Waals surface area contributed by atoms with E-state index in [0.29, 0.717) is 18.1 Å². The van der Waals surface area contributed by atoms with Crippen molar-refractivity contribution in [1.29, 1.82) is 0 Å². The molecule has 0 aliphatic carbocycles. The lowest BCUT2D eigenvalue weighted by Crippen LogP contribution is -2.40. The Morgan fingerprint density at radius 1 is 1.26 bits per heavy atom. The number of carbonyl (C=O) groups excluding carboxylic acids is 1. The molecule has 23 heavy (non-hydrogen) atoms. The number of hydrogen-bond acceptors (Lipinski definition) is 3. The number of carbonyl (C=O) groups is 1. The molecule has 0 saturated carbocycles. The molecular weight excluding hydrogens is 290 g/mol. The highest BCUT2D eigenvalue weighted by atomic mass is 16.5. The second-order valence-electron chi connectivity index (χ2n) is 5.36. The fourth-order valence-corrected chi connectivity index (χ4v) is 2.26.